The first kappa shape index (κ1) is 10.1. The first-order valence-electron chi connectivity index (χ1n) is 3.28. The first-order valence-corrected chi connectivity index (χ1v) is 3.66. The third kappa shape index (κ3) is 1.85. The molecule has 0 fully saturated rings. The minimum Gasteiger partial charge on any atom is -0.502 e. The van der Waals surface area contributed by atoms with Crippen molar-refractivity contribution < 1.29 is 10.0 Å². The molecule has 0 saturated heterocycles. The van der Waals surface area contributed by atoms with Crippen LogP contribution in [0.15, 0.2) is 17.2 Å². The molecule has 0 aliphatic heterocycles. The van der Waals surface area contributed by atoms with Crippen LogP contribution >= 0.6 is 11.6 Å². The Morgan fingerprint density at radius 1 is 1.64 bits per heavy atom. The van der Waals surface area contributed by atoms with Crippen LogP contribution in [0.1, 0.15) is 0 Å². The highest BCUT2D eigenvalue weighted by Gasteiger charge is 2.17. The van der Waals surface area contributed by atoms with Gasteiger partial charge >= 0.3 is 5.69 Å². The van der Waals surface area contributed by atoms with Gasteiger partial charge in [-0.3, -0.25) is 10.1 Å². The smallest absolute Gasteiger partial charge is 0.312 e. The van der Waals surface area contributed by atoms with Crippen LogP contribution in [0.2, 0.25) is 5.02 Å². The number of hydrogen-bond donors (Lipinski definition) is 1. The second-order valence-electron chi connectivity index (χ2n) is 2.24. The van der Waals surface area contributed by atoms with Gasteiger partial charge in [0.05, 0.1) is 10.6 Å². The number of nitro groups is 1. The molecule has 0 aliphatic rings. The molecular weight excluding hydrogens is 212 g/mol. The second kappa shape index (κ2) is 3.82. The summed E-state index contributed by atoms with van der Waals surface area (Å²) in [5, 5.41) is 22.7. The van der Waals surface area contributed by atoms with Gasteiger partial charge in [0.25, 0.3) is 0 Å². The molecule has 0 radical (unpaired) electrons. The van der Waals surface area contributed by atoms with Crippen LogP contribution in [-0.4, -0.2) is 10.0 Å². The van der Waals surface area contributed by atoms with Crippen molar-refractivity contribution in [2.45, 2.75) is 0 Å². The number of hydrogen-bond acceptors (Lipinski definition) is 4. The van der Waals surface area contributed by atoms with E-state index in [2.05, 4.69) is 10.0 Å². The molecule has 0 bridgehead atoms. The zero-order valence-electron chi connectivity index (χ0n) is 6.59. The number of benzene rings is 1. The Bertz CT molecular complexity index is 418. The lowest BCUT2D eigenvalue weighted by atomic mass is 10.2. The largest absolute Gasteiger partial charge is 0.502 e. The molecule has 8 heteroatoms. The van der Waals surface area contributed by atoms with Crippen molar-refractivity contribution >= 4 is 23.0 Å². The van der Waals surface area contributed by atoms with Crippen LogP contribution in [0, 0.1) is 10.1 Å². The lowest BCUT2D eigenvalue weighted by molar-refractivity contribution is -0.385. The standard InChI is InChI=1S/C6H3ClN4O3/c7-3-1-4(9-10-8)6(12)5(2-3)11(13)14/h1-2,12H. The van der Waals surface area contributed by atoms with Crippen LogP contribution in [0.4, 0.5) is 11.4 Å². The van der Waals surface area contributed by atoms with Crippen molar-refractivity contribution in [3.05, 3.63) is 37.7 Å². The Kier molecular flexibility index (Phi) is 2.76. The summed E-state index contributed by atoms with van der Waals surface area (Å²) in [6.45, 7) is 0. The zero-order valence-corrected chi connectivity index (χ0v) is 7.34. The summed E-state index contributed by atoms with van der Waals surface area (Å²) in [6.07, 6.45) is 0. The molecule has 0 amide bonds. The SMILES string of the molecule is [N-]=[N+]=Nc1cc(Cl)cc([N+](=O)[O-])c1O. The number of rotatable bonds is 2. The summed E-state index contributed by atoms with van der Waals surface area (Å²) < 4.78 is 0. The molecule has 1 rings (SSSR count). The van der Waals surface area contributed by atoms with Gasteiger partial charge in [0.2, 0.25) is 5.75 Å². The van der Waals surface area contributed by atoms with Gasteiger partial charge in [-0.1, -0.05) is 16.7 Å². The topological polar surface area (TPSA) is 112 Å². The third-order valence-corrected chi connectivity index (χ3v) is 1.60. The molecule has 0 spiro atoms. The van der Waals surface area contributed by atoms with E-state index >= 15 is 0 Å². The molecular formula is C6H3ClN4O3. The number of phenolic OH excluding ortho intramolecular Hbond substituents is 1. The fourth-order valence-electron chi connectivity index (χ4n) is 0.834. The van der Waals surface area contributed by atoms with Crippen molar-refractivity contribution in [3.8, 4) is 5.75 Å². The summed E-state index contributed by atoms with van der Waals surface area (Å²) >= 11 is 5.50. The zero-order chi connectivity index (χ0) is 10.7. The fraction of sp³-hybridized carbons (Fsp3) is 0. The molecule has 14 heavy (non-hydrogen) atoms. The fourth-order valence-corrected chi connectivity index (χ4v) is 1.04. The van der Waals surface area contributed by atoms with Gasteiger partial charge in [0.1, 0.15) is 0 Å². The van der Waals surface area contributed by atoms with E-state index in [1.807, 2.05) is 0 Å². The highest BCUT2D eigenvalue weighted by molar-refractivity contribution is 6.31. The number of phenols is 1. The minimum atomic E-state index is -0.822. The minimum absolute atomic E-state index is 0.0110. The molecule has 0 aromatic heterocycles. The molecule has 1 N–H and O–H groups in total. The second-order valence-corrected chi connectivity index (χ2v) is 2.68. The highest BCUT2D eigenvalue weighted by atomic mass is 35.5. The van der Waals surface area contributed by atoms with Crippen molar-refractivity contribution in [2.75, 3.05) is 0 Å². The lowest BCUT2D eigenvalue weighted by Crippen LogP contribution is -1.88. The maximum Gasteiger partial charge on any atom is 0.312 e. The molecule has 0 atom stereocenters. The van der Waals surface area contributed by atoms with Gasteiger partial charge < -0.3 is 5.11 Å². The molecule has 0 saturated carbocycles. The normalized spacial score (nSPS) is 9.21. The van der Waals surface area contributed by atoms with Gasteiger partial charge in [0.15, 0.2) is 0 Å². The number of azide groups is 1. The van der Waals surface area contributed by atoms with E-state index in [0.717, 1.165) is 12.1 Å². The quantitative estimate of drug-likeness (QED) is 0.268. The van der Waals surface area contributed by atoms with Gasteiger partial charge in [-0.25, -0.2) is 0 Å². The van der Waals surface area contributed by atoms with Gasteiger partial charge in [-0.2, -0.15) is 0 Å². The van der Waals surface area contributed by atoms with Crippen molar-refractivity contribution in [2.24, 2.45) is 5.11 Å². The molecule has 1 aromatic rings. The Morgan fingerprint density at radius 2 is 2.29 bits per heavy atom. The maximum atomic E-state index is 10.4. The number of nitrogens with zero attached hydrogens (tertiary/aromatic N) is 4. The Balaban J connectivity index is 3.46. The number of aromatic hydroxyl groups is 1. The molecule has 1 aromatic carbocycles. The predicted molar refractivity (Wildman–Crippen MR) is 48.6 cm³/mol. The van der Waals surface area contributed by atoms with Crippen LogP contribution in [0.3, 0.4) is 0 Å². The summed E-state index contributed by atoms with van der Waals surface area (Å²) in [5.41, 5.74) is 7.23. The number of nitro benzene ring substituents is 1. The van der Waals surface area contributed by atoms with E-state index in [-0.39, 0.29) is 10.7 Å². The number of halogens is 1. The van der Waals surface area contributed by atoms with E-state index in [1.54, 1.807) is 0 Å². The van der Waals surface area contributed by atoms with Crippen LogP contribution in [0.5, 0.6) is 5.75 Å². The Labute approximate surface area is 82.3 Å². The van der Waals surface area contributed by atoms with E-state index < -0.39 is 16.4 Å². The molecule has 72 valence electrons. The van der Waals surface area contributed by atoms with E-state index in [0.29, 0.717) is 0 Å². The average Bonchev–Trinajstić information content (AvgIpc) is 2.10. The van der Waals surface area contributed by atoms with E-state index in [4.69, 9.17) is 17.1 Å². The first-order chi connectivity index (χ1) is 6.56. The Morgan fingerprint density at radius 3 is 2.79 bits per heavy atom. The maximum absolute atomic E-state index is 10.4. The summed E-state index contributed by atoms with van der Waals surface area (Å²) in [5.74, 6) is -0.697. The average molecular weight is 215 g/mol. The highest BCUT2D eigenvalue weighted by Crippen LogP contribution is 2.38. The van der Waals surface area contributed by atoms with Crippen LogP contribution < -0.4 is 0 Å². The molecule has 0 unspecified atom stereocenters. The van der Waals surface area contributed by atoms with Crippen molar-refractivity contribution in [1.29, 1.82) is 0 Å². The predicted octanol–water partition coefficient (Wildman–Crippen LogP) is 2.90. The molecule has 0 aliphatic carbocycles. The van der Waals surface area contributed by atoms with E-state index in [9.17, 15) is 15.2 Å². The summed E-state index contributed by atoms with van der Waals surface area (Å²) in [6, 6.07) is 2.09. The van der Waals surface area contributed by atoms with Crippen LogP contribution in [0.25, 0.3) is 10.4 Å². The summed E-state index contributed by atoms with van der Waals surface area (Å²) in [4.78, 5) is 12.0. The van der Waals surface area contributed by atoms with E-state index in [1.165, 1.54) is 0 Å². The monoisotopic (exact) mass is 214 g/mol. The van der Waals surface area contributed by atoms with Crippen LogP contribution in [-0.2, 0) is 0 Å². The third-order valence-electron chi connectivity index (χ3n) is 1.38. The Hall–Kier alpha value is -1.98. The molecule has 0 heterocycles. The summed E-state index contributed by atoms with van der Waals surface area (Å²) in [7, 11) is 0. The van der Waals surface area contributed by atoms with Gasteiger partial charge in [-0.05, 0) is 11.6 Å². The van der Waals surface area contributed by atoms with Gasteiger partial charge in [0, 0.05) is 16.0 Å². The molecule has 7 nitrogen and oxygen atoms in total. The van der Waals surface area contributed by atoms with Gasteiger partial charge in [-0.15, -0.1) is 0 Å². The van der Waals surface area contributed by atoms with Crippen molar-refractivity contribution in [1.82, 2.24) is 0 Å². The van der Waals surface area contributed by atoms with Crippen molar-refractivity contribution in [3.63, 3.8) is 0 Å². The lowest BCUT2D eigenvalue weighted by Gasteiger charge is -1.99.